The number of methoxy groups -OCH3 is 1. The van der Waals surface area contributed by atoms with Gasteiger partial charge in [0.2, 0.25) is 5.88 Å². The molecule has 110 valence electrons. The molecule has 2 aromatic rings. The van der Waals surface area contributed by atoms with Crippen LogP contribution in [0.25, 0.3) is 0 Å². The average Bonchev–Trinajstić information content (AvgIpc) is 2.45. The van der Waals surface area contributed by atoms with Crippen LogP contribution < -0.4 is 10.5 Å². The third-order valence-corrected chi connectivity index (χ3v) is 3.25. The fourth-order valence-corrected chi connectivity index (χ4v) is 1.96. The van der Waals surface area contributed by atoms with E-state index < -0.39 is 5.97 Å². The molecule has 21 heavy (non-hydrogen) atoms. The predicted molar refractivity (Wildman–Crippen MR) is 80.7 cm³/mol. The first-order valence-electron chi connectivity index (χ1n) is 6.53. The minimum Gasteiger partial charge on any atom is -0.464 e. The maximum absolute atomic E-state index is 11.5. The molecule has 2 N–H and O–H groups in total. The Labute approximate surface area is 123 Å². The van der Waals surface area contributed by atoms with E-state index in [1.54, 1.807) is 6.07 Å². The SMILES string of the molecule is COC(=O)c1ccc(N)c(Oc2cc(C)cc(C)c2C)n1. The van der Waals surface area contributed by atoms with Crippen LogP contribution in [0.1, 0.15) is 27.2 Å². The number of anilines is 1. The molecular formula is C16H18N2O3. The normalized spacial score (nSPS) is 10.3. The first kappa shape index (κ1) is 14.8. The second-order valence-corrected chi connectivity index (χ2v) is 4.89. The largest absolute Gasteiger partial charge is 0.464 e. The van der Waals surface area contributed by atoms with Crippen molar-refractivity contribution in [2.45, 2.75) is 20.8 Å². The van der Waals surface area contributed by atoms with Crippen LogP contribution in [0.5, 0.6) is 11.6 Å². The van der Waals surface area contributed by atoms with Gasteiger partial charge in [-0.15, -0.1) is 0 Å². The summed E-state index contributed by atoms with van der Waals surface area (Å²) in [5.74, 6) is 0.344. The summed E-state index contributed by atoms with van der Waals surface area (Å²) in [5.41, 5.74) is 9.59. The Balaban J connectivity index is 2.42. The summed E-state index contributed by atoms with van der Waals surface area (Å²) >= 11 is 0. The number of carbonyl (C=O) groups is 1. The number of nitrogens with zero attached hydrogens (tertiary/aromatic N) is 1. The van der Waals surface area contributed by atoms with E-state index in [1.807, 2.05) is 26.8 Å². The zero-order chi connectivity index (χ0) is 15.6. The zero-order valence-electron chi connectivity index (χ0n) is 12.6. The van der Waals surface area contributed by atoms with Gasteiger partial charge in [-0.25, -0.2) is 9.78 Å². The van der Waals surface area contributed by atoms with Crippen LogP contribution in [-0.4, -0.2) is 18.1 Å². The number of rotatable bonds is 3. The van der Waals surface area contributed by atoms with Crippen molar-refractivity contribution in [1.29, 1.82) is 0 Å². The van der Waals surface area contributed by atoms with Gasteiger partial charge in [-0.2, -0.15) is 0 Å². The second kappa shape index (κ2) is 5.83. The topological polar surface area (TPSA) is 74.4 Å². The smallest absolute Gasteiger partial charge is 0.356 e. The lowest BCUT2D eigenvalue weighted by atomic mass is 10.1. The molecule has 1 heterocycles. The number of esters is 1. The van der Waals surface area contributed by atoms with Crippen molar-refractivity contribution < 1.29 is 14.3 Å². The van der Waals surface area contributed by atoms with E-state index in [0.29, 0.717) is 11.4 Å². The Bertz CT molecular complexity index is 696. The van der Waals surface area contributed by atoms with Gasteiger partial charge >= 0.3 is 5.97 Å². The monoisotopic (exact) mass is 286 g/mol. The number of nitrogen functional groups attached to an aromatic ring is 1. The molecule has 0 bridgehead atoms. The number of aromatic nitrogens is 1. The van der Waals surface area contributed by atoms with Crippen LogP contribution in [0.2, 0.25) is 0 Å². The van der Waals surface area contributed by atoms with Crippen molar-refractivity contribution in [1.82, 2.24) is 4.98 Å². The van der Waals surface area contributed by atoms with Crippen LogP contribution in [0.3, 0.4) is 0 Å². The van der Waals surface area contributed by atoms with Gasteiger partial charge < -0.3 is 15.2 Å². The molecule has 0 amide bonds. The van der Waals surface area contributed by atoms with Gasteiger partial charge in [-0.1, -0.05) is 6.07 Å². The van der Waals surface area contributed by atoms with Crippen LogP contribution in [0.15, 0.2) is 24.3 Å². The Morgan fingerprint density at radius 2 is 1.90 bits per heavy atom. The Hall–Kier alpha value is -2.56. The molecule has 0 radical (unpaired) electrons. The molecule has 5 nitrogen and oxygen atoms in total. The third kappa shape index (κ3) is 3.13. The number of nitrogens with two attached hydrogens (primary N) is 1. The summed E-state index contributed by atoms with van der Waals surface area (Å²) in [4.78, 5) is 15.6. The Kier molecular flexibility index (Phi) is 4.12. The van der Waals surface area contributed by atoms with E-state index in [-0.39, 0.29) is 11.6 Å². The van der Waals surface area contributed by atoms with Crippen molar-refractivity contribution in [2.24, 2.45) is 0 Å². The molecule has 1 aromatic carbocycles. The molecule has 2 rings (SSSR count). The third-order valence-electron chi connectivity index (χ3n) is 3.25. The van der Waals surface area contributed by atoms with Crippen molar-refractivity contribution >= 4 is 11.7 Å². The maximum atomic E-state index is 11.5. The quantitative estimate of drug-likeness (QED) is 0.877. The molecule has 5 heteroatoms. The Morgan fingerprint density at radius 1 is 1.19 bits per heavy atom. The summed E-state index contributed by atoms with van der Waals surface area (Å²) < 4.78 is 10.4. The first-order chi connectivity index (χ1) is 9.92. The van der Waals surface area contributed by atoms with Crippen molar-refractivity contribution in [3.63, 3.8) is 0 Å². The van der Waals surface area contributed by atoms with Crippen molar-refractivity contribution in [2.75, 3.05) is 12.8 Å². The fraction of sp³-hybridized carbons (Fsp3) is 0.250. The van der Waals surface area contributed by atoms with Crippen molar-refractivity contribution in [3.05, 3.63) is 46.6 Å². The van der Waals surface area contributed by atoms with E-state index in [2.05, 4.69) is 15.8 Å². The standard InChI is InChI=1S/C16H18N2O3/c1-9-7-10(2)11(3)14(8-9)21-15-12(17)5-6-13(18-15)16(19)20-4/h5-8H,17H2,1-4H3. The highest BCUT2D eigenvalue weighted by atomic mass is 16.5. The summed E-state index contributed by atoms with van der Waals surface area (Å²) in [6.45, 7) is 5.96. The highest BCUT2D eigenvalue weighted by Crippen LogP contribution is 2.30. The van der Waals surface area contributed by atoms with Gasteiger partial charge in [0.05, 0.1) is 12.8 Å². The molecule has 0 atom stereocenters. The molecule has 1 aromatic heterocycles. The van der Waals surface area contributed by atoms with E-state index in [4.69, 9.17) is 10.5 Å². The number of carbonyl (C=O) groups excluding carboxylic acids is 1. The van der Waals surface area contributed by atoms with Crippen LogP contribution >= 0.6 is 0 Å². The van der Waals surface area contributed by atoms with Crippen molar-refractivity contribution in [3.8, 4) is 11.6 Å². The molecule has 0 aliphatic heterocycles. The Morgan fingerprint density at radius 3 is 2.57 bits per heavy atom. The van der Waals surface area contributed by atoms with E-state index in [9.17, 15) is 4.79 Å². The van der Waals surface area contributed by atoms with E-state index >= 15 is 0 Å². The van der Waals surface area contributed by atoms with Gasteiger partial charge in [0.25, 0.3) is 0 Å². The molecule has 0 aliphatic carbocycles. The van der Waals surface area contributed by atoms with E-state index in [1.165, 1.54) is 13.2 Å². The minimum atomic E-state index is -0.531. The summed E-state index contributed by atoms with van der Waals surface area (Å²) in [6, 6.07) is 7.06. The highest BCUT2D eigenvalue weighted by molar-refractivity contribution is 5.87. The zero-order valence-corrected chi connectivity index (χ0v) is 12.6. The lowest BCUT2D eigenvalue weighted by Gasteiger charge is -2.13. The minimum absolute atomic E-state index is 0.156. The number of pyridine rings is 1. The maximum Gasteiger partial charge on any atom is 0.356 e. The average molecular weight is 286 g/mol. The number of hydrogen-bond donors (Lipinski definition) is 1. The lowest BCUT2D eigenvalue weighted by molar-refractivity contribution is 0.0593. The van der Waals surface area contributed by atoms with Crippen LogP contribution in [0.4, 0.5) is 5.69 Å². The number of ether oxygens (including phenoxy) is 2. The van der Waals surface area contributed by atoms with Gasteiger partial charge in [-0.3, -0.25) is 0 Å². The lowest BCUT2D eigenvalue weighted by Crippen LogP contribution is -2.06. The molecule has 0 saturated carbocycles. The summed E-state index contributed by atoms with van der Waals surface area (Å²) in [5, 5.41) is 0. The molecule has 0 aliphatic rings. The molecule has 0 unspecified atom stereocenters. The molecular weight excluding hydrogens is 268 g/mol. The summed E-state index contributed by atoms with van der Waals surface area (Å²) in [6.07, 6.45) is 0. The van der Waals surface area contributed by atoms with E-state index in [0.717, 1.165) is 16.7 Å². The van der Waals surface area contributed by atoms with Gasteiger partial charge in [0, 0.05) is 0 Å². The van der Waals surface area contributed by atoms with Gasteiger partial charge in [0.15, 0.2) is 5.69 Å². The van der Waals surface area contributed by atoms with Gasteiger partial charge in [0.1, 0.15) is 5.75 Å². The number of benzene rings is 1. The number of aryl methyl sites for hydroxylation is 2. The van der Waals surface area contributed by atoms with Gasteiger partial charge in [-0.05, 0) is 55.7 Å². The highest BCUT2D eigenvalue weighted by Gasteiger charge is 2.13. The summed E-state index contributed by atoms with van der Waals surface area (Å²) in [7, 11) is 1.30. The van der Waals surface area contributed by atoms with Crippen LogP contribution in [-0.2, 0) is 4.74 Å². The number of hydrogen-bond acceptors (Lipinski definition) is 5. The van der Waals surface area contributed by atoms with Crippen LogP contribution in [0, 0.1) is 20.8 Å². The fourth-order valence-electron chi connectivity index (χ4n) is 1.96. The first-order valence-corrected chi connectivity index (χ1v) is 6.53. The molecule has 0 saturated heterocycles. The second-order valence-electron chi connectivity index (χ2n) is 4.89. The molecule has 0 fully saturated rings. The molecule has 0 spiro atoms. The predicted octanol–water partition coefficient (Wildman–Crippen LogP) is 3.17.